The van der Waals surface area contributed by atoms with Crippen LogP contribution in [0.25, 0.3) is 0 Å². The van der Waals surface area contributed by atoms with Crippen molar-refractivity contribution in [1.29, 1.82) is 0 Å². The number of methoxy groups -OCH3 is 2. The lowest BCUT2D eigenvalue weighted by molar-refractivity contribution is 0.0589. The smallest absolute Gasteiger partial charge is 0.412 e. The van der Waals surface area contributed by atoms with Gasteiger partial charge in [0.2, 0.25) is 0 Å². The summed E-state index contributed by atoms with van der Waals surface area (Å²) in [5.41, 5.74) is 1.17. The van der Waals surface area contributed by atoms with Crippen LogP contribution in [-0.2, 0) is 22.3 Å². The highest BCUT2D eigenvalue weighted by molar-refractivity contribution is 5.93. The Hall–Kier alpha value is -3.09. The third-order valence-corrected chi connectivity index (χ3v) is 4.08. The number of carbonyl (C=O) groups excluding carboxylic acids is 2. The fourth-order valence-electron chi connectivity index (χ4n) is 2.71. The molecule has 29 heavy (non-hydrogen) atoms. The van der Waals surface area contributed by atoms with Crippen LogP contribution < -0.4 is 10.1 Å². The molecular weight excluding hydrogens is 377 g/mol. The Morgan fingerprint density at radius 2 is 1.66 bits per heavy atom. The Morgan fingerprint density at radius 1 is 1.00 bits per heavy atom. The quantitative estimate of drug-likeness (QED) is 0.705. The summed E-state index contributed by atoms with van der Waals surface area (Å²) in [6, 6.07) is 10.3. The van der Waals surface area contributed by atoms with Gasteiger partial charge in [-0.1, -0.05) is 18.2 Å². The van der Waals surface area contributed by atoms with Crippen LogP contribution in [0.4, 0.5) is 14.9 Å². The maximum absolute atomic E-state index is 14.8. The number of hydrogen-bond donors (Lipinski definition) is 1. The van der Waals surface area contributed by atoms with Crippen LogP contribution in [0.3, 0.4) is 0 Å². The molecule has 1 amide bonds. The maximum atomic E-state index is 14.8. The number of hydrogen-bond acceptors (Lipinski definition) is 5. The van der Waals surface area contributed by atoms with E-state index in [4.69, 9.17) is 9.47 Å². The van der Waals surface area contributed by atoms with Gasteiger partial charge in [-0.15, -0.1) is 0 Å². The van der Waals surface area contributed by atoms with E-state index in [1.54, 1.807) is 45.0 Å². The summed E-state index contributed by atoms with van der Waals surface area (Å²) in [7, 11) is 2.56. The number of rotatable bonds is 6. The zero-order chi connectivity index (χ0) is 21.6. The Balaban J connectivity index is 2.05. The number of nitrogens with one attached hydrogen (secondary N) is 1. The normalized spacial score (nSPS) is 11.0. The van der Waals surface area contributed by atoms with Crippen molar-refractivity contribution in [3.63, 3.8) is 0 Å². The Morgan fingerprint density at radius 3 is 2.21 bits per heavy atom. The van der Waals surface area contributed by atoms with Crippen molar-refractivity contribution in [3.8, 4) is 5.75 Å². The third kappa shape index (κ3) is 6.20. The van der Waals surface area contributed by atoms with Crippen molar-refractivity contribution >= 4 is 17.7 Å². The van der Waals surface area contributed by atoms with Gasteiger partial charge in [-0.2, -0.15) is 0 Å². The van der Waals surface area contributed by atoms with Crippen molar-refractivity contribution in [2.45, 2.75) is 39.2 Å². The van der Waals surface area contributed by atoms with Gasteiger partial charge in [0.25, 0.3) is 0 Å². The van der Waals surface area contributed by atoms with Gasteiger partial charge in [-0.3, -0.25) is 5.32 Å². The number of anilines is 1. The number of esters is 1. The van der Waals surface area contributed by atoms with E-state index >= 15 is 0 Å². The van der Waals surface area contributed by atoms with Gasteiger partial charge in [0.1, 0.15) is 22.7 Å². The number of amides is 1. The van der Waals surface area contributed by atoms with Gasteiger partial charge in [-0.05, 0) is 62.9 Å². The first-order valence-electron chi connectivity index (χ1n) is 9.17. The molecule has 0 aliphatic carbocycles. The molecule has 0 radical (unpaired) electrons. The Labute approximate surface area is 170 Å². The minimum absolute atomic E-state index is 0.135. The summed E-state index contributed by atoms with van der Waals surface area (Å²) < 4.78 is 29.7. The highest BCUT2D eigenvalue weighted by atomic mass is 19.1. The van der Waals surface area contributed by atoms with Crippen LogP contribution in [0.2, 0.25) is 0 Å². The van der Waals surface area contributed by atoms with E-state index in [1.807, 2.05) is 12.1 Å². The van der Waals surface area contributed by atoms with Gasteiger partial charge in [0.15, 0.2) is 0 Å². The SMILES string of the molecule is COC(=O)c1c(OC)ccc(CCc2ccc(NC(=O)OC(C)(C)C)cc2)c1F. The van der Waals surface area contributed by atoms with E-state index in [0.29, 0.717) is 24.1 Å². The maximum Gasteiger partial charge on any atom is 0.412 e. The highest BCUT2D eigenvalue weighted by Crippen LogP contribution is 2.26. The molecule has 0 fully saturated rings. The second kappa shape index (κ2) is 9.41. The predicted molar refractivity (Wildman–Crippen MR) is 108 cm³/mol. The minimum atomic E-state index is -0.779. The molecule has 0 heterocycles. The number of aryl methyl sites for hydroxylation is 2. The van der Waals surface area contributed by atoms with E-state index in [0.717, 1.165) is 5.56 Å². The van der Waals surface area contributed by atoms with E-state index in [2.05, 4.69) is 10.1 Å². The summed E-state index contributed by atoms with van der Waals surface area (Å²) in [5.74, 6) is -1.28. The van der Waals surface area contributed by atoms with E-state index in [-0.39, 0.29) is 11.3 Å². The van der Waals surface area contributed by atoms with E-state index < -0.39 is 23.5 Å². The average molecular weight is 403 g/mol. The van der Waals surface area contributed by atoms with Gasteiger partial charge in [-0.25, -0.2) is 14.0 Å². The van der Waals surface area contributed by atoms with Crippen LogP contribution in [0, 0.1) is 5.82 Å². The first-order chi connectivity index (χ1) is 13.6. The number of benzene rings is 2. The molecule has 0 aliphatic heterocycles. The molecule has 0 saturated heterocycles. The second-order valence-electron chi connectivity index (χ2n) is 7.43. The number of halogens is 1. The van der Waals surface area contributed by atoms with Gasteiger partial charge in [0, 0.05) is 5.69 Å². The zero-order valence-electron chi connectivity index (χ0n) is 17.3. The summed E-state index contributed by atoms with van der Waals surface area (Å²) in [5, 5.41) is 2.66. The Bertz CT molecular complexity index is 872. The van der Waals surface area contributed by atoms with Crippen molar-refractivity contribution in [2.24, 2.45) is 0 Å². The largest absolute Gasteiger partial charge is 0.496 e. The lowest BCUT2D eigenvalue weighted by Crippen LogP contribution is -2.27. The molecule has 2 aromatic rings. The molecular formula is C22H26FNO5. The minimum Gasteiger partial charge on any atom is -0.496 e. The molecule has 156 valence electrons. The van der Waals surface area contributed by atoms with Gasteiger partial charge < -0.3 is 14.2 Å². The van der Waals surface area contributed by atoms with E-state index in [9.17, 15) is 14.0 Å². The molecule has 0 aliphatic rings. The van der Waals surface area contributed by atoms with Crippen LogP contribution in [0.1, 0.15) is 42.3 Å². The zero-order valence-corrected chi connectivity index (χ0v) is 17.3. The predicted octanol–water partition coefficient (Wildman–Crippen LogP) is 4.75. The van der Waals surface area contributed by atoms with Gasteiger partial charge in [0.05, 0.1) is 14.2 Å². The molecule has 0 atom stereocenters. The lowest BCUT2D eigenvalue weighted by Gasteiger charge is -2.19. The summed E-state index contributed by atoms with van der Waals surface area (Å²) in [6.45, 7) is 5.37. The van der Waals surface area contributed by atoms with Crippen LogP contribution in [0.5, 0.6) is 5.75 Å². The summed E-state index contributed by atoms with van der Waals surface area (Å²) in [6.07, 6.45) is 0.413. The first kappa shape index (κ1) is 22.2. The molecule has 0 spiro atoms. The van der Waals surface area contributed by atoms with Crippen molar-refractivity contribution < 1.29 is 28.2 Å². The van der Waals surface area contributed by atoms with Crippen molar-refractivity contribution in [2.75, 3.05) is 19.5 Å². The van der Waals surface area contributed by atoms with Crippen molar-refractivity contribution in [3.05, 3.63) is 58.9 Å². The summed E-state index contributed by atoms with van der Waals surface area (Å²) in [4.78, 5) is 23.7. The standard InChI is InChI=1S/C22H26FNO5/c1-22(2,3)29-21(26)24-16-11-7-14(8-12-16)6-9-15-10-13-17(27-4)18(19(15)23)20(25)28-5/h7-8,10-13H,6,9H2,1-5H3,(H,24,26). The van der Waals surface area contributed by atoms with Crippen LogP contribution in [0.15, 0.2) is 36.4 Å². The Kier molecular flexibility index (Phi) is 7.20. The molecule has 6 nitrogen and oxygen atoms in total. The molecule has 0 saturated carbocycles. The summed E-state index contributed by atoms with van der Waals surface area (Å²) >= 11 is 0. The molecule has 0 bridgehead atoms. The fourth-order valence-corrected chi connectivity index (χ4v) is 2.71. The van der Waals surface area contributed by atoms with Crippen LogP contribution >= 0.6 is 0 Å². The molecule has 1 N–H and O–H groups in total. The van der Waals surface area contributed by atoms with Gasteiger partial charge >= 0.3 is 12.1 Å². The third-order valence-electron chi connectivity index (χ3n) is 4.08. The topological polar surface area (TPSA) is 73.9 Å². The number of ether oxygens (including phenoxy) is 3. The first-order valence-corrected chi connectivity index (χ1v) is 9.17. The van der Waals surface area contributed by atoms with Crippen LogP contribution in [-0.4, -0.2) is 31.9 Å². The highest BCUT2D eigenvalue weighted by Gasteiger charge is 2.21. The molecule has 7 heteroatoms. The van der Waals surface area contributed by atoms with Crippen molar-refractivity contribution in [1.82, 2.24) is 0 Å². The lowest BCUT2D eigenvalue weighted by atomic mass is 10.0. The fraction of sp³-hybridized carbons (Fsp3) is 0.364. The monoisotopic (exact) mass is 403 g/mol. The molecule has 0 aromatic heterocycles. The average Bonchev–Trinajstić information content (AvgIpc) is 2.65. The molecule has 2 aromatic carbocycles. The number of carbonyl (C=O) groups is 2. The second-order valence-corrected chi connectivity index (χ2v) is 7.43. The van der Waals surface area contributed by atoms with E-state index in [1.165, 1.54) is 14.2 Å². The molecule has 0 unspecified atom stereocenters. The molecule has 2 rings (SSSR count).